The lowest BCUT2D eigenvalue weighted by Gasteiger charge is -2.20. The van der Waals surface area contributed by atoms with Crippen LogP contribution in [0, 0.1) is 17.0 Å². The predicted molar refractivity (Wildman–Crippen MR) is 63.8 cm³/mol. The summed E-state index contributed by atoms with van der Waals surface area (Å²) < 4.78 is 25.7. The molecule has 1 aromatic carbocycles. The van der Waals surface area contributed by atoms with Crippen molar-refractivity contribution in [2.75, 3.05) is 13.1 Å². The summed E-state index contributed by atoms with van der Waals surface area (Å²) in [6.07, 6.45) is 0.484. The van der Waals surface area contributed by atoms with Crippen LogP contribution in [0.5, 0.6) is 0 Å². The van der Waals surface area contributed by atoms with E-state index in [9.17, 15) is 8.78 Å². The molecule has 0 radical (unpaired) electrons. The Morgan fingerprint density at radius 3 is 2.59 bits per heavy atom. The molecule has 5 heteroatoms. The second-order valence-corrected chi connectivity index (χ2v) is 3.89. The van der Waals surface area contributed by atoms with E-state index in [1.807, 2.05) is 11.8 Å². The minimum Gasteiger partial charge on any atom is -0.388 e. The molecule has 1 rings (SSSR count). The van der Waals surface area contributed by atoms with Gasteiger partial charge in [0.25, 0.3) is 0 Å². The van der Waals surface area contributed by atoms with E-state index in [2.05, 4.69) is 0 Å². The normalized spacial score (nSPS) is 10.8. The number of hydrogen-bond donors (Lipinski definition) is 2. The minimum atomic E-state index is -0.833. The highest BCUT2D eigenvalue weighted by Crippen LogP contribution is 2.11. The second kappa shape index (κ2) is 6.30. The quantitative estimate of drug-likeness (QED) is 0.592. The van der Waals surface area contributed by atoms with Crippen molar-refractivity contribution in [2.45, 2.75) is 19.9 Å². The van der Waals surface area contributed by atoms with Crippen LogP contribution in [0.3, 0.4) is 0 Å². The fourth-order valence-electron chi connectivity index (χ4n) is 1.52. The van der Waals surface area contributed by atoms with E-state index < -0.39 is 11.6 Å². The van der Waals surface area contributed by atoms with Crippen molar-refractivity contribution in [3.05, 3.63) is 35.4 Å². The standard InChI is InChI=1S/C12H17F2N3/c1-2-17(6-5-12(15)16)8-9-3-4-10(13)11(14)7-9/h3-4,7H,2,5-6,8H2,1H3,(H3,15,16). The molecule has 0 bridgehead atoms. The average Bonchev–Trinajstić information content (AvgIpc) is 2.28. The number of rotatable bonds is 6. The maximum Gasteiger partial charge on any atom is 0.159 e. The molecule has 94 valence electrons. The summed E-state index contributed by atoms with van der Waals surface area (Å²) in [7, 11) is 0. The zero-order chi connectivity index (χ0) is 12.8. The molecule has 1 aromatic rings. The predicted octanol–water partition coefficient (Wildman–Crippen LogP) is 2.11. The molecule has 0 saturated heterocycles. The summed E-state index contributed by atoms with van der Waals surface area (Å²) in [5, 5.41) is 7.15. The van der Waals surface area contributed by atoms with Crippen molar-refractivity contribution < 1.29 is 8.78 Å². The molecule has 3 nitrogen and oxygen atoms in total. The SMILES string of the molecule is CCN(CCC(=N)N)Cc1ccc(F)c(F)c1. The second-order valence-electron chi connectivity index (χ2n) is 3.89. The van der Waals surface area contributed by atoms with Gasteiger partial charge in [0.2, 0.25) is 0 Å². The van der Waals surface area contributed by atoms with Crippen LogP contribution in [-0.4, -0.2) is 23.8 Å². The van der Waals surface area contributed by atoms with E-state index >= 15 is 0 Å². The topological polar surface area (TPSA) is 53.1 Å². The molecule has 0 spiro atoms. The maximum atomic E-state index is 13.0. The lowest BCUT2D eigenvalue weighted by atomic mass is 10.2. The Hall–Kier alpha value is -1.49. The molecular weight excluding hydrogens is 224 g/mol. The van der Waals surface area contributed by atoms with Crippen LogP contribution in [0.1, 0.15) is 18.9 Å². The van der Waals surface area contributed by atoms with Crippen molar-refractivity contribution in [2.24, 2.45) is 5.73 Å². The maximum absolute atomic E-state index is 13.0. The molecule has 0 heterocycles. The summed E-state index contributed by atoms with van der Waals surface area (Å²) in [6.45, 7) is 3.91. The van der Waals surface area contributed by atoms with Gasteiger partial charge in [-0.2, -0.15) is 0 Å². The van der Waals surface area contributed by atoms with Gasteiger partial charge < -0.3 is 5.73 Å². The molecule has 17 heavy (non-hydrogen) atoms. The Morgan fingerprint density at radius 2 is 2.06 bits per heavy atom. The van der Waals surface area contributed by atoms with Crippen molar-refractivity contribution in [1.29, 1.82) is 5.41 Å². The van der Waals surface area contributed by atoms with E-state index in [0.29, 0.717) is 25.1 Å². The van der Waals surface area contributed by atoms with Crippen LogP contribution in [0.4, 0.5) is 8.78 Å². The average molecular weight is 241 g/mol. The summed E-state index contributed by atoms with van der Waals surface area (Å²) in [5.74, 6) is -1.53. The van der Waals surface area contributed by atoms with Crippen LogP contribution in [0.25, 0.3) is 0 Å². The summed E-state index contributed by atoms with van der Waals surface area (Å²) in [5.41, 5.74) is 6.00. The largest absolute Gasteiger partial charge is 0.388 e. The molecule has 0 atom stereocenters. The highest BCUT2D eigenvalue weighted by atomic mass is 19.2. The third kappa shape index (κ3) is 4.48. The van der Waals surface area contributed by atoms with Gasteiger partial charge in [0.05, 0.1) is 5.84 Å². The lowest BCUT2D eigenvalue weighted by Crippen LogP contribution is -2.27. The molecule has 0 unspecified atom stereocenters. The smallest absolute Gasteiger partial charge is 0.159 e. The fourth-order valence-corrected chi connectivity index (χ4v) is 1.52. The van der Waals surface area contributed by atoms with Gasteiger partial charge in [0, 0.05) is 19.5 Å². The van der Waals surface area contributed by atoms with Crippen molar-refractivity contribution in [3.8, 4) is 0 Å². The molecule has 0 aliphatic carbocycles. The Morgan fingerprint density at radius 1 is 1.35 bits per heavy atom. The monoisotopic (exact) mass is 241 g/mol. The van der Waals surface area contributed by atoms with Gasteiger partial charge in [-0.05, 0) is 24.2 Å². The lowest BCUT2D eigenvalue weighted by molar-refractivity contribution is 0.287. The number of nitrogens with two attached hydrogens (primary N) is 1. The van der Waals surface area contributed by atoms with E-state index in [0.717, 1.165) is 12.6 Å². The van der Waals surface area contributed by atoms with Crippen LogP contribution >= 0.6 is 0 Å². The van der Waals surface area contributed by atoms with Gasteiger partial charge in [-0.1, -0.05) is 13.0 Å². The first-order chi connectivity index (χ1) is 8.02. The first-order valence-electron chi connectivity index (χ1n) is 5.52. The van der Waals surface area contributed by atoms with Gasteiger partial charge >= 0.3 is 0 Å². The number of hydrogen-bond acceptors (Lipinski definition) is 2. The first kappa shape index (κ1) is 13.6. The van der Waals surface area contributed by atoms with Crippen LogP contribution in [-0.2, 0) is 6.54 Å². The van der Waals surface area contributed by atoms with E-state index in [4.69, 9.17) is 11.1 Å². The summed E-state index contributed by atoms with van der Waals surface area (Å²) in [6, 6.07) is 3.89. The molecule has 3 N–H and O–H groups in total. The van der Waals surface area contributed by atoms with Crippen LogP contribution in [0.15, 0.2) is 18.2 Å². The zero-order valence-corrected chi connectivity index (χ0v) is 9.84. The van der Waals surface area contributed by atoms with Gasteiger partial charge in [-0.15, -0.1) is 0 Å². The Labute approximate surface area is 99.7 Å². The van der Waals surface area contributed by atoms with Gasteiger partial charge in [0.1, 0.15) is 0 Å². The number of nitrogens with zero attached hydrogens (tertiary/aromatic N) is 1. The van der Waals surface area contributed by atoms with E-state index in [-0.39, 0.29) is 5.84 Å². The number of halogens is 2. The molecule has 0 aromatic heterocycles. The fraction of sp³-hybridized carbons (Fsp3) is 0.417. The summed E-state index contributed by atoms with van der Waals surface area (Å²) in [4.78, 5) is 2.02. The number of nitrogens with one attached hydrogen (secondary N) is 1. The first-order valence-corrected chi connectivity index (χ1v) is 5.52. The molecular formula is C12H17F2N3. The Bertz CT molecular complexity index is 393. The van der Waals surface area contributed by atoms with Crippen LogP contribution in [0.2, 0.25) is 0 Å². The number of benzene rings is 1. The summed E-state index contributed by atoms with van der Waals surface area (Å²) >= 11 is 0. The zero-order valence-electron chi connectivity index (χ0n) is 9.84. The van der Waals surface area contributed by atoms with Gasteiger partial charge in [-0.3, -0.25) is 10.3 Å². The van der Waals surface area contributed by atoms with Crippen LogP contribution < -0.4 is 5.73 Å². The molecule has 0 amide bonds. The van der Waals surface area contributed by atoms with Gasteiger partial charge in [-0.25, -0.2) is 8.78 Å². The molecule has 0 aliphatic rings. The highest BCUT2D eigenvalue weighted by Gasteiger charge is 2.07. The molecule has 0 saturated carbocycles. The van der Waals surface area contributed by atoms with Gasteiger partial charge in [0.15, 0.2) is 11.6 Å². The Balaban J connectivity index is 2.60. The van der Waals surface area contributed by atoms with Crippen molar-refractivity contribution in [3.63, 3.8) is 0 Å². The van der Waals surface area contributed by atoms with Crippen molar-refractivity contribution in [1.82, 2.24) is 4.90 Å². The van der Waals surface area contributed by atoms with E-state index in [1.165, 1.54) is 6.07 Å². The minimum absolute atomic E-state index is 0.133. The Kier molecular flexibility index (Phi) is 5.03. The van der Waals surface area contributed by atoms with E-state index in [1.54, 1.807) is 6.07 Å². The molecule has 0 aliphatic heterocycles. The molecule has 0 fully saturated rings. The highest BCUT2D eigenvalue weighted by molar-refractivity contribution is 5.76. The van der Waals surface area contributed by atoms with Crippen molar-refractivity contribution >= 4 is 5.84 Å². The third-order valence-electron chi connectivity index (χ3n) is 2.53. The number of amidine groups is 1. The third-order valence-corrected chi connectivity index (χ3v) is 2.53.